The summed E-state index contributed by atoms with van der Waals surface area (Å²) in [5.74, 6) is 0. The van der Waals surface area contributed by atoms with E-state index in [9.17, 15) is 8.42 Å². The van der Waals surface area contributed by atoms with Crippen molar-refractivity contribution in [3.63, 3.8) is 0 Å². The van der Waals surface area contributed by atoms with Gasteiger partial charge in [0.1, 0.15) is 4.21 Å². The largest absolute Gasteiger partial charge is 0.313 e. The van der Waals surface area contributed by atoms with Crippen molar-refractivity contribution in [2.45, 2.75) is 36.6 Å². The average molecular weight is 329 g/mol. The molecular formula is C14H23N3O2S2. The molecule has 3 rings (SSSR count). The number of nitrogens with one attached hydrogen (secondary N) is 1. The molecule has 0 saturated carbocycles. The van der Waals surface area contributed by atoms with Crippen molar-refractivity contribution in [1.29, 1.82) is 0 Å². The van der Waals surface area contributed by atoms with Gasteiger partial charge in [0, 0.05) is 32.2 Å². The van der Waals surface area contributed by atoms with Gasteiger partial charge in [0.25, 0.3) is 10.0 Å². The lowest BCUT2D eigenvalue weighted by atomic mass is 10.2. The number of piperazine rings is 1. The van der Waals surface area contributed by atoms with Gasteiger partial charge in [-0.05, 0) is 42.9 Å². The van der Waals surface area contributed by atoms with Crippen LogP contribution in [0.2, 0.25) is 0 Å². The molecule has 0 bridgehead atoms. The second-order valence-electron chi connectivity index (χ2n) is 5.75. The predicted octanol–water partition coefficient (Wildman–Crippen LogP) is 1.33. The first kappa shape index (κ1) is 15.4. The molecule has 118 valence electrons. The summed E-state index contributed by atoms with van der Waals surface area (Å²) < 4.78 is 27.7. The van der Waals surface area contributed by atoms with Gasteiger partial charge in [-0.1, -0.05) is 6.92 Å². The van der Waals surface area contributed by atoms with Gasteiger partial charge in [-0.2, -0.15) is 4.31 Å². The van der Waals surface area contributed by atoms with Crippen LogP contribution in [0.15, 0.2) is 15.7 Å². The van der Waals surface area contributed by atoms with Gasteiger partial charge in [-0.15, -0.1) is 11.3 Å². The topological polar surface area (TPSA) is 52.7 Å². The minimum Gasteiger partial charge on any atom is -0.313 e. The molecule has 1 aromatic heterocycles. The molecule has 0 aliphatic carbocycles. The number of thiophene rings is 1. The predicted molar refractivity (Wildman–Crippen MR) is 85.1 cm³/mol. The van der Waals surface area contributed by atoms with Gasteiger partial charge < -0.3 is 5.32 Å². The Labute approximate surface area is 131 Å². The fourth-order valence-corrected chi connectivity index (χ4v) is 5.99. The summed E-state index contributed by atoms with van der Waals surface area (Å²) in [6, 6.07) is 2.25. The summed E-state index contributed by atoms with van der Waals surface area (Å²) in [5, 5.41) is 5.18. The van der Waals surface area contributed by atoms with Crippen molar-refractivity contribution in [3.05, 3.63) is 17.0 Å². The number of rotatable bonds is 5. The van der Waals surface area contributed by atoms with E-state index in [1.165, 1.54) is 17.8 Å². The molecule has 1 unspecified atom stereocenters. The Kier molecular flexibility index (Phi) is 4.66. The summed E-state index contributed by atoms with van der Waals surface area (Å²) in [4.78, 5) is 2.43. The summed E-state index contributed by atoms with van der Waals surface area (Å²) in [7, 11) is -3.31. The minimum absolute atomic E-state index is 0.426. The second kappa shape index (κ2) is 6.34. The third kappa shape index (κ3) is 3.17. The van der Waals surface area contributed by atoms with Crippen LogP contribution in [0.5, 0.6) is 0 Å². The number of fused-ring (bicyclic) bond motifs is 1. The van der Waals surface area contributed by atoms with Crippen LogP contribution in [-0.4, -0.2) is 56.4 Å². The van der Waals surface area contributed by atoms with E-state index in [1.54, 1.807) is 4.31 Å². The van der Waals surface area contributed by atoms with Crippen LogP contribution in [0.25, 0.3) is 0 Å². The van der Waals surface area contributed by atoms with Crippen LogP contribution in [0.1, 0.15) is 25.3 Å². The summed E-state index contributed by atoms with van der Waals surface area (Å²) in [5.41, 5.74) is 1.06. The highest BCUT2D eigenvalue weighted by atomic mass is 32.2. The SMILES string of the molecule is CCNCc1csc(S(=O)(=O)N2CCN3CCCC3C2)c1. The van der Waals surface area contributed by atoms with Crippen molar-refractivity contribution in [2.75, 3.05) is 32.7 Å². The molecule has 2 aliphatic rings. The first-order valence-corrected chi connectivity index (χ1v) is 9.95. The summed E-state index contributed by atoms with van der Waals surface area (Å²) in [6.45, 7) is 6.96. The van der Waals surface area contributed by atoms with Crippen LogP contribution >= 0.6 is 11.3 Å². The smallest absolute Gasteiger partial charge is 0.252 e. The maximum atomic E-state index is 12.8. The van der Waals surface area contributed by atoms with Crippen molar-refractivity contribution in [1.82, 2.24) is 14.5 Å². The number of hydrogen-bond donors (Lipinski definition) is 1. The Morgan fingerprint density at radius 3 is 3.05 bits per heavy atom. The molecule has 0 radical (unpaired) electrons. The van der Waals surface area contributed by atoms with Crippen LogP contribution in [0.3, 0.4) is 0 Å². The Morgan fingerprint density at radius 2 is 2.24 bits per heavy atom. The lowest BCUT2D eigenvalue weighted by Crippen LogP contribution is -2.51. The molecule has 2 aliphatic heterocycles. The Bertz CT molecular complexity index is 585. The van der Waals surface area contributed by atoms with E-state index in [0.717, 1.165) is 38.2 Å². The highest BCUT2D eigenvalue weighted by molar-refractivity contribution is 7.91. The van der Waals surface area contributed by atoms with Crippen molar-refractivity contribution < 1.29 is 8.42 Å². The monoisotopic (exact) mass is 329 g/mol. The van der Waals surface area contributed by atoms with E-state index in [2.05, 4.69) is 10.2 Å². The lowest BCUT2D eigenvalue weighted by Gasteiger charge is -2.36. The quantitative estimate of drug-likeness (QED) is 0.885. The fourth-order valence-electron chi connectivity index (χ4n) is 3.16. The number of sulfonamides is 1. The van der Waals surface area contributed by atoms with E-state index in [0.29, 0.717) is 23.3 Å². The van der Waals surface area contributed by atoms with Gasteiger partial charge in [0.05, 0.1) is 0 Å². The third-order valence-electron chi connectivity index (χ3n) is 4.35. The normalized spacial score (nSPS) is 24.3. The molecule has 3 heterocycles. The molecule has 1 atom stereocenters. The molecule has 0 spiro atoms. The molecule has 2 saturated heterocycles. The van der Waals surface area contributed by atoms with Gasteiger partial charge in [-0.3, -0.25) is 4.90 Å². The van der Waals surface area contributed by atoms with E-state index < -0.39 is 10.0 Å². The second-order valence-corrected chi connectivity index (χ2v) is 8.83. The Morgan fingerprint density at radius 1 is 1.38 bits per heavy atom. The number of nitrogens with zero attached hydrogens (tertiary/aromatic N) is 2. The van der Waals surface area contributed by atoms with Crippen molar-refractivity contribution in [2.24, 2.45) is 0 Å². The third-order valence-corrected chi connectivity index (χ3v) is 7.68. The molecule has 0 aromatic carbocycles. The first-order chi connectivity index (χ1) is 10.1. The highest BCUT2D eigenvalue weighted by Gasteiger charge is 2.36. The van der Waals surface area contributed by atoms with E-state index >= 15 is 0 Å². The van der Waals surface area contributed by atoms with Crippen LogP contribution in [-0.2, 0) is 16.6 Å². The molecule has 2 fully saturated rings. The average Bonchev–Trinajstić information content (AvgIpc) is 3.13. The highest BCUT2D eigenvalue weighted by Crippen LogP contribution is 2.28. The summed E-state index contributed by atoms with van der Waals surface area (Å²) >= 11 is 1.34. The zero-order valence-corrected chi connectivity index (χ0v) is 14.0. The van der Waals surface area contributed by atoms with E-state index in [-0.39, 0.29) is 0 Å². The lowest BCUT2D eigenvalue weighted by molar-refractivity contribution is 0.158. The maximum absolute atomic E-state index is 12.8. The molecule has 5 nitrogen and oxygen atoms in total. The van der Waals surface area contributed by atoms with Gasteiger partial charge in [0.15, 0.2) is 0 Å². The van der Waals surface area contributed by atoms with Crippen LogP contribution < -0.4 is 5.32 Å². The van der Waals surface area contributed by atoms with Crippen LogP contribution in [0.4, 0.5) is 0 Å². The molecular weight excluding hydrogens is 306 g/mol. The maximum Gasteiger partial charge on any atom is 0.252 e. The van der Waals surface area contributed by atoms with Gasteiger partial charge >= 0.3 is 0 Å². The van der Waals surface area contributed by atoms with E-state index in [4.69, 9.17) is 0 Å². The van der Waals surface area contributed by atoms with Crippen molar-refractivity contribution in [3.8, 4) is 0 Å². The Balaban J connectivity index is 1.72. The number of hydrogen-bond acceptors (Lipinski definition) is 5. The van der Waals surface area contributed by atoms with E-state index in [1.807, 2.05) is 18.4 Å². The molecule has 1 N–H and O–H groups in total. The molecule has 21 heavy (non-hydrogen) atoms. The molecule has 0 amide bonds. The Hall–Kier alpha value is -0.470. The van der Waals surface area contributed by atoms with Gasteiger partial charge in [0.2, 0.25) is 0 Å². The fraction of sp³-hybridized carbons (Fsp3) is 0.714. The zero-order valence-electron chi connectivity index (χ0n) is 12.4. The minimum atomic E-state index is -3.31. The van der Waals surface area contributed by atoms with Crippen molar-refractivity contribution >= 4 is 21.4 Å². The van der Waals surface area contributed by atoms with Crippen LogP contribution in [0, 0.1) is 0 Å². The molecule has 1 aromatic rings. The standard InChI is InChI=1S/C14H23N3O2S2/c1-2-15-9-12-8-14(20-11-12)21(18,19)17-7-6-16-5-3-4-13(16)10-17/h8,11,13,15H,2-7,9-10H2,1H3. The first-order valence-electron chi connectivity index (χ1n) is 7.63. The molecule has 7 heteroatoms. The van der Waals surface area contributed by atoms with Gasteiger partial charge in [-0.25, -0.2) is 8.42 Å². The zero-order chi connectivity index (χ0) is 14.9. The summed E-state index contributed by atoms with van der Waals surface area (Å²) in [6.07, 6.45) is 2.33.